The van der Waals surface area contributed by atoms with Gasteiger partial charge in [0.15, 0.2) is 0 Å². The molecule has 0 spiro atoms. The third kappa shape index (κ3) is 4.37. The van der Waals surface area contributed by atoms with E-state index in [0.29, 0.717) is 40.5 Å². The maximum absolute atomic E-state index is 11.9. The average Bonchev–Trinajstić information content (AvgIpc) is 3.36. The van der Waals surface area contributed by atoms with Crippen LogP contribution < -0.4 is 14.8 Å². The highest BCUT2D eigenvalue weighted by atomic mass is 32.2. The highest BCUT2D eigenvalue weighted by Gasteiger charge is 2.15. The van der Waals surface area contributed by atoms with Crippen molar-refractivity contribution < 1.29 is 23.1 Å². The van der Waals surface area contributed by atoms with Crippen molar-refractivity contribution in [2.24, 2.45) is 0 Å². The lowest BCUT2D eigenvalue weighted by molar-refractivity contribution is -0.118. The lowest BCUT2D eigenvalue weighted by Crippen LogP contribution is -2.24. The number of amides is 1. The number of nitrogens with one attached hydrogen (secondary N) is 1. The Bertz CT molecular complexity index is 863. The molecule has 2 aromatic heterocycles. The summed E-state index contributed by atoms with van der Waals surface area (Å²) in [5, 5.41) is 11.0. The molecule has 1 N–H and O–H groups in total. The molecular formula is C17H17N3O5S. The molecule has 8 nitrogen and oxygen atoms in total. The molecule has 0 bridgehead atoms. The first-order valence-electron chi connectivity index (χ1n) is 7.67. The molecule has 0 aliphatic carbocycles. The predicted molar refractivity (Wildman–Crippen MR) is 94.1 cm³/mol. The largest absolute Gasteiger partial charge is 0.497 e. The third-order valence-electron chi connectivity index (χ3n) is 3.41. The first-order chi connectivity index (χ1) is 12.7. The van der Waals surface area contributed by atoms with Crippen LogP contribution in [-0.4, -0.2) is 36.1 Å². The highest BCUT2D eigenvalue weighted by Crippen LogP contribution is 2.33. The minimum absolute atomic E-state index is 0.155. The van der Waals surface area contributed by atoms with Crippen LogP contribution in [0.3, 0.4) is 0 Å². The zero-order valence-electron chi connectivity index (χ0n) is 14.2. The van der Waals surface area contributed by atoms with E-state index in [4.69, 9.17) is 18.3 Å². The standard InChI is InChI=1S/C17H17N3O5S/c1-22-11-5-6-13(14(8-11)23-2)16-19-20-17(25-16)26-10-15(21)18-9-12-4-3-7-24-12/h3-8H,9-10H2,1-2H3,(H,18,21). The van der Waals surface area contributed by atoms with Crippen LogP contribution in [0.5, 0.6) is 11.5 Å². The van der Waals surface area contributed by atoms with Crippen LogP contribution in [-0.2, 0) is 11.3 Å². The lowest BCUT2D eigenvalue weighted by atomic mass is 10.2. The summed E-state index contributed by atoms with van der Waals surface area (Å²) in [5.41, 5.74) is 0.648. The van der Waals surface area contributed by atoms with Crippen LogP contribution in [0.4, 0.5) is 0 Å². The molecule has 0 atom stereocenters. The Balaban J connectivity index is 1.58. The average molecular weight is 375 g/mol. The Morgan fingerprint density at radius 1 is 1.23 bits per heavy atom. The summed E-state index contributed by atoms with van der Waals surface area (Å²) in [4.78, 5) is 11.9. The van der Waals surface area contributed by atoms with Gasteiger partial charge in [-0.2, -0.15) is 0 Å². The molecule has 0 radical (unpaired) electrons. The van der Waals surface area contributed by atoms with E-state index < -0.39 is 0 Å². The number of benzene rings is 1. The van der Waals surface area contributed by atoms with E-state index in [-0.39, 0.29) is 11.7 Å². The summed E-state index contributed by atoms with van der Waals surface area (Å²) in [5.74, 6) is 2.21. The van der Waals surface area contributed by atoms with Gasteiger partial charge in [0, 0.05) is 6.07 Å². The van der Waals surface area contributed by atoms with Crippen molar-refractivity contribution >= 4 is 17.7 Å². The first kappa shape index (κ1) is 17.9. The first-order valence-corrected chi connectivity index (χ1v) is 8.66. The van der Waals surface area contributed by atoms with Crippen LogP contribution in [0.25, 0.3) is 11.5 Å². The summed E-state index contributed by atoms with van der Waals surface area (Å²) < 4.78 is 21.3. The Morgan fingerprint density at radius 2 is 2.12 bits per heavy atom. The maximum atomic E-state index is 11.9. The SMILES string of the molecule is COc1ccc(-c2nnc(SCC(=O)NCc3ccco3)o2)c(OC)c1. The molecular weight excluding hydrogens is 358 g/mol. The molecule has 0 aliphatic rings. The molecule has 3 aromatic rings. The van der Waals surface area contributed by atoms with Crippen molar-refractivity contribution in [3.63, 3.8) is 0 Å². The zero-order chi connectivity index (χ0) is 18.4. The fourth-order valence-electron chi connectivity index (χ4n) is 2.13. The molecule has 0 saturated carbocycles. The van der Waals surface area contributed by atoms with Gasteiger partial charge in [-0.25, -0.2) is 0 Å². The second-order valence-electron chi connectivity index (χ2n) is 5.08. The molecule has 0 aliphatic heterocycles. The van der Waals surface area contributed by atoms with E-state index in [2.05, 4.69) is 15.5 Å². The number of methoxy groups -OCH3 is 2. The van der Waals surface area contributed by atoms with Crippen LogP contribution in [0.1, 0.15) is 5.76 Å². The van der Waals surface area contributed by atoms with Gasteiger partial charge in [0.1, 0.15) is 17.3 Å². The lowest BCUT2D eigenvalue weighted by Gasteiger charge is -2.07. The quantitative estimate of drug-likeness (QED) is 0.600. The van der Waals surface area contributed by atoms with Gasteiger partial charge in [0.2, 0.25) is 5.91 Å². The van der Waals surface area contributed by atoms with Crippen molar-refractivity contribution in [2.45, 2.75) is 11.8 Å². The third-order valence-corrected chi connectivity index (χ3v) is 4.23. The number of carbonyl (C=O) groups is 1. The predicted octanol–water partition coefficient (Wildman–Crippen LogP) is 2.76. The fraction of sp³-hybridized carbons (Fsp3) is 0.235. The van der Waals surface area contributed by atoms with Gasteiger partial charge in [-0.15, -0.1) is 10.2 Å². The summed E-state index contributed by atoms with van der Waals surface area (Å²) in [6, 6.07) is 8.84. The second kappa shape index (κ2) is 8.43. The number of furan rings is 1. The van der Waals surface area contributed by atoms with Gasteiger partial charge in [-0.3, -0.25) is 4.79 Å². The van der Waals surface area contributed by atoms with Crippen molar-refractivity contribution in [2.75, 3.05) is 20.0 Å². The van der Waals surface area contributed by atoms with Crippen LogP contribution >= 0.6 is 11.8 Å². The number of carbonyl (C=O) groups excluding carboxylic acids is 1. The molecule has 3 rings (SSSR count). The Labute approximate surface area is 153 Å². The summed E-state index contributed by atoms with van der Waals surface area (Å²) in [6.45, 7) is 0.338. The summed E-state index contributed by atoms with van der Waals surface area (Å²) in [6.07, 6.45) is 1.56. The van der Waals surface area contributed by atoms with Gasteiger partial charge in [-0.1, -0.05) is 11.8 Å². The monoisotopic (exact) mass is 375 g/mol. The van der Waals surface area contributed by atoms with Crippen LogP contribution in [0, 0.1) is 0 Å². The van der Waals surface area contributed by atoms with Gasteiger partial charge in [-0.05, 0) is 24.3 Å². The molecule has 0 fully saturated rings. The van der Waals surface area contributed by atoms with Crippen molar-refractivity contribution in [1.82, 2.24) is 15.5 Å². The molecule has 0 saturated heterocycles. The maximum Gasteiger partial charge on any atom is 0.277 e. The normalized spacial score (nSPS) is 10.5. The second-order valence-corrected chi connectivity index (χ2v) is 6.01. The summed E-state index contributed by atoms with van der Waals surface area (Å²) in [7, 11) is 3.13. The molecule has 0 unspecified atom stereocenters. The molecule has 2 heterocycles. The van der Waals surface area contributed by atoms with Crippen LogP contribution in [0.15, 0.2) is 50.7 Å². The van der Waals surface area contributed by atoms with Gasteiger partial charge < -0.3 is 23.6 Å². The van der Waals surface area contributed by atoms with Crippen molar-refractivity contribution in [3.05, 3.63) is 42.4 Å². The van der Waals surface area contributed by atoms with E-state index in [1.165, 1.54) is 0 Å². The van der Waals surface area contributed by atoms with E-state index >= 15 is 0 Å². The molecule has 26 heavy (non-hydrogen) atoms. The van der Waals surface area contributed by atoms with E-state index in [1.54, 1.807) is 50.8 Å². The number of aromatic nitrogens is 2. The van der Waals surface area contributed by atoms with E-state index in [9.17, 15) is 4.79 Å². The van der Waals surface area contributed by atoms with E-state index in [0.717, 1.165) is 11.8 Å². The van der Waals surface area contributed by atoms with Gasteiger partial charge in [0.25, 0.3) is 11.1 Å². The van der Waals surface area contributed by atoms with Crippen LogP contribution in [0.2, 0.25) is 0 Å². The Morgan fingerprint density at radius 3 is 2.85 bits per heavy atom. The number of hydrogen-bond acceptors (Lipinski definition) is 8. The molecule has 9 heteroatoms. The Kier molecular flexibility index (Phi) is 5.80. The van der Waals surface area contributed by atoms with Gasteiger partial charge >= 0.3 is 0 Å². The van der Waals surface area contributed by atoms with Crippen molar-refractivity contribution in [3.8, 4) is 23.0 Å². The molecule has 136 valence electrons. The number of ether oxygens (including phenoxy) is 2. The molecule has 1 aromatic carbocycles. The smallest absolute Gasteiger partial charge is 0.277 e. The molecule has 1 amide bonds. The number of rotatable bonds is 8. The Hall–Kier alpha value is -2.94. The van der Waals surface area contributed by atoms with E-state index in [1.807, 2.05) is 0 Å². The highest BCUT2D eigenvalue weighted by molar-refractivity contribution is 7.99. The number of hydrogen-bond donors (Lipinski definition) is 1. The van der Waals surface area contributed by atoms with Gasteiger partial charge in [0.05, 0.1) is 38.3 Å². The summed E-state index contributed by atoms with van der Waals surface area (Å²) >= 11 is 1.15. The fourth-order valence-corrected chi connectivity index (χ4v) is 2.72. The minimum atomic E-state index is -0.159. The van der Waals surface area contributed by atoms with Crippen molar-refractivity contribution in [1.29, 1.82) is 0 Å². The number of nitrogens with zero attached hydrogens (tertiary/aromatic N) is 2. The topological polar surface area (TPSA) is 99.6 Å². The number of thioether (sulfide) groups is 1. The zero-order valence-corrected chi connectivity index (χ0v) is 15.0. The minimum Gasteiger partial charge on any atom is -0.497 e.